The van der Waals surface area contributed by atoms with Crippen molar-refractivity contribution in [1.29, 1.82) is 0 Å². The second kappa shape index (κ2) is 10.6. The number of carbonyl (C=O) groups is 2. The van der Waals surface area contributed by atoms with E-state index in [0.29, 0.717) is 39.1 Å². The molecule has 2 amide bonds. The predicted molar refractivity (Wildman–Crippen MR) is 142 cm³/mol. The zero-order valence-corrected chi connectivity index (χ0v) is 22.1. The molecule has 1 atom stereocenters. The highest BCUT2D eigenvalue weighted by molar-refractivity contribution is 7.93. The topological polar surface area (TPSA) is 122 Å². The molecular weight excluding hydrogens is 538 g/mol. The van der Waals surface area contributed by atoms with E-state index in [1.807, 2.05) is 12.1 Å². The molecule has 12 heteroatoms. The van der Waals surface area contributed by atoms with Crippen LogP contribution < -0.4 is 20.7 Å². The normalized spacial score (nSPS) is 15.1. The number of nitrogens with zero attached hydrogens (tertiary/aromatic N) is 1. The summed E-state index contributed by atoms with van der Waals surface area (Å²) in [6.07, 6.45) is -0.0850. The largest absolute Gasteiger partial charge is 0.399 e. The number of hydrogen-bond acceptors (Lipinski definition) is 5. The molecule has 0 aliphatic carbocycles. The number of halogens is 3. The second-order valence-electron chi connectivity index (χ2n) is 9.00. The summed E-state index contributed by atoms with van der Waals surface area (Å²) in [5.41, 5.74) is 7.40. The minimum Gasteiger partial charge on any atom is -0.399 e. The molecule has 0 bridgehead atoms. The van der Waals surface area contributed by atoms with Crippen LogP contribution in [0.1, 0.15) is 23.1 Å². The molecule has 1 heterocycles. The number of sulfonamides is 1. The van der Waals surface area contributed by atoms with Crippen LogP contribution in [-0.2, 0) is 26.0 Å². The average Bonchev–Trinajstić information content (AvgIpc) is 2.84. The first kappa shape index (κ1) is 27.3. The highest BCUT2D eigenvalue weighted by atomic mass is 35.5. The van der Waals surface area contributed by atoms with Gasteiger partial charge in [-0.2, -0.15) is 0 Å². The number of rotatable bonds is 7. The fourth-order valence-corrected chi connectivity index (χ4v) is 6.34. The number of nitrogens with one attached hydrogen (secondary N) is 2. The SMILES string of the molecule is Cc1cc(S(=O)(=O)N2c3cc(F)c(F)cc3NC(=O)[C@H]2CC(=O)NCCc2ccc(N)cc2)c(C)cc1Cl. The molecule has 0 fully saturated rings. The lowest BCUT2D eigenvalue weighted by molar-refractivity contribution is -0.125. The second-order valence-corrected chi connectivity index (χ2v) is 11.2. The Hall–Kier alpha value is -3.70. The Labute approximate surface area is 223 Å². The van der Waals surface area contributed by atoms with Gasteiger partial charge in [0.25, 0.3) is 10.0 Å². The summed E-state index contributed by atoms with van der Waals surface area (Å²) in [5.74, 6) is -4.03. The third kappa shape index (κ3) is 5.44. The number of hydrogen-bond donors (Lipinski definition) is 3. The van der Waals surface area contributed by atoms with Crippen LogP contribution in [-0.4, -0.2) is 32.8 Å². The standard InChI is InChI=1S/C26H25ClF2N4O4S/c1-14-10-24(15(2)9-18(14)27)38(36,37)33-22-12-20(29)19(28)11-21(22)32-26(35)23(33)13-25(34)31-8-7-16-3-5-17(30)6-4-16/h3-6,9-12,23H,7-8,13,30H2,1-2H3,(H,31,34)(H,32,35)/t23-/m1/s1. The lowest BCUT2D eigenvalue weighted by Crippen LogP contribution is -2.53. The first-order valence-electron chi connectivity index (χ1n) is 11.6. The van der Waals surface area contributed by atoms with Crippen molar-refractivity contribution < 1.29 is 26.8 Å². The van der Waals surface area contributed by atoms with Gasteiger partial charge in [0.1, 0.15) is 6.04 Å². The van der Waals surface area contributed by atoms with E-state index in [4.69, 9.17) is 17.3 Å². The van der Waals surface area contributed by atoms with Gasteiger partial charge in [-0.25, -0.2) is 17.2 Å². The summed E-state index contributed by atoms with van der Waals surface area (Å²) >= 11 is 6.14. The minimum atomic E-state index is -4.54. The number of aryl methyl sites for hydroxylation is 2. The lowest BCUT2D eigenvalue weighted by Gasteiger charge is -2.37. The average molecular weight is 563 g/mol. The van der Waals surface area contributed by atoms with Crippen LogP contribution in [0.2, 0.25) is 5.02 Å². The van der Waals surface area contributed by atoms with Crippen LogP contribution >= 0.6 is 11.6 Å². The van der Waals surface area contributed by atoms with E-state index in [-0.39, 0.29) is 28.4 Å². The first-order valence-corrected chi connectivity index (χ1v) is 13.4. The van der Waals surface area contributed by atoms with Crippen molar-refractivity contribution >= 4 is 50.5 Å². The van der Waals surface area contributed by atoms with Crippen LogP contribution in [0, 0.1) is 25.5 Å². The number of benzene rings is 3. The maximum Gasteiger partial charge on any atom is 0.265 e. The Morgan fingerprint density at radius 2 is 1.74 bits per heavy atom. The summed E-state index contributed by atoms with van der Waals surface area (Å²) < 4.78 is 56.8. The monoisotopic (exact) mass is 562 g/mol. The molecule has 4 rings (SSSR count). The van der Waals surface area contributed by atoms with E-state index < -0.39 is 45.9 Å². The Morgan fingerprint density at radius 3 is 2.42 bits per heavy atom. The smallest absolute Gasteiger partial charge is 0.265 e. The van der Waals surface area contributed by atoms with Crippen molar-refractivity contribution in [1.82, 2.24) is 5.32 Å². The van der Waals surface area contributed by atoms with Gasteiger partial charge < -0.3 is 16.4 Å². The van der Waals surface area contributed by atoms with Crippen molar-refractivity contribution in [3.05, 3.63) is 81.9 Å². The number of amides is 2. The molecule has 0 spiro atoms. The van der Waals surface area contributed by atoms with Gasteiger partial charge in [0.15, 0.2) is 11.6 Å². The molecule has 200 valence electrons. The van der Waals surface area contributed by atoms with E-state index in [9.17, 15) is 26.8 Å². The summed E-state index contributed by atoms with van der Waals surface area (Å²) in [5, 5.41) is 5.41. The molecular formula is C26H25ClF2N4O4S. The zero-order valence-electron chi connectivity index (χ0n) is 20.5. The molecule has 3 aromatic carbocycles. The van der Waals surface area contributed by atoms with Crippen LogP contribution in [0.3, 0.4) is 0 Å². The molecule has 8 nitrogen and oxygen atoms in total. The Kier molecular flexibility index (Phi) is 7.61. The minimum absolute atomic E-state index is 0.182. The zero-order chi connectivity index (χ0) is 27.8. The van der Waals surface area contributed by atoms with Crippen molar-refractivity contribution in [2.75, 3.05) is 21.9 Å². The maximum atomic E-state index is 14.3. The molecule has 38 heavy (non-hydrogen) atoms. The molecule has 0 radical (unpaired) electrons. The van der Waals surface area contributed by atoms with Crippen LogP contribution in [0.5, 0.6) is 0 Å². The third-order valence-corrected chi connectivity index (χ3v) is 8.58. The summed E-state index contributed by atoms with van der Waals surface area (Å²) in [6, 6.07) is 9.69. The van der Waals surface area contributed by atoms with Crippen LogP contribution in [0.15, 0.2) is 53.4 Å². The fraction of sp³-hybridized carbons (Fsp3) is 0.231. The molecule has 0 unspecified atom stereocenters. The number of anilines is 3. The van der Waals surface area contributed by atoms with Crippen molar-refractivity contribution in [2.45, 2.75) is 37.6 Å². The Balaban J connectivity index is 1.68. The van der Waals surface area contributed by atoms with Crippen molar-refractivity contribution in [3.63, 3.8) is 0 Å². The van der Waals surface area contributed by atoms with E-state index in [2.05, 4.69) is 10.6 Å². The quantitative estimate of drug-likeness (QED) is 0.375. The van der Waals surface area contributed by atoms with E-state index in [1.54, 1.807) is 19.1 Å². The number of nitrogen functional groups attached to an aromatic ring is 1. The Bertz CT molecular complexity index is 1530. The number of carbonyl (C=O) groups excluding carboxylic acids is 2. The lowest BCUT2D eigenvalue weighted by atomic mass is 10.1. The third-order valence-electron chi connectivity index (χ3n) is 6.21. The highest BCUT2D eigenvalue weighted by Crippen LogP contribution is 2.39. The van der Waals surface area contributed by atoms with Gasteiger partial charge >= 0.3 is 0 Å². The fourth-order valence-electron chi connectivity index (χ4n) is 4.20. The van der Waals surface area contributed by atoms with E-state index in [1.165, 1.54) is 19.1 Å². The first-order chi connectivity index (χ1) is 17.9. The molecule has 1 aliphatic heterocycles. The molecule has 0 saturated heterocycles. The van der Waals surface area contributed by atoms with Gasteiger partial charge in [0.2, 0.25) is 11.8 Å². The number of nitrogens with two attached hydrogens (primary N) is 1. The molecule has 0 saturated carbocycles. The molecule has 1 aliphatic rings. The van der Waals surface area contributed by atoms with Gasteiger partial charge in [-0.3, -0.25) is 13.9 Å². The molecule has 4 N–H and O–H groups in total. The van der Waals surface area contributed by atoms with E-state index >= 15 is 0 Å². The van der Waals surface area contributed by atoms with Gasteiger partial charge in [0, 0.05) is 29.4 Å². The summed E-state index contributed by atoms with van der Waals surface area (Å²) in [4.78, 5) is 25.7. The van der Waals surface area contributed by atoms with Gasteiger partial charge in [0.05, 0.1) is 22.7 Å². The molecule has 3 aromatic rings. The van der Waals surface area contributed by atoms with Gasteiger partial charge in [-0.05, 0) is 61.2 Å². The predicted octanol–water partition coefficient (Wildman–Crippen LogP) is 4.08. The molecule has 0 aromatic heterocycles. The van der Waals surface area contributed by atoms with Crippen molar-refractivity contribution in [3.8, 4) is 0 Å². The van der Waals surface area contributed by atoms with Crippen LogP contribution in [0.25, 0.3) is 0 Å². The highest BCUT2D eigenvalue weighted by Gasteiger charge is 2.43. The van der Waals surface area contributed by atoms with Crippen molar-refractivity contribution in [2.24, 2.45) is 0 Å². The number of fused-ring (bicyclic) bond motifs is 1. The van der Waals surface area contributed by atoms with Gasteiger partial charge in [-0.1, -0.05) is 23.7 Å². The summed E-state index contributed by atoms with van der Waals surface area (Å²) in [7, 11) is -4.54. The maximum absolute atomic E-state index is 14.3. The van der Waals surface area contributed by atoms with E-state index in [0.717, 1.165) is 5.56 Å². The summed E-state index contributed by atoms with van der Waals surface area (Å²) in [6.45, 7) is 3.35. The van der Waals surface area contributed by atoms with Crippen LogP contribution in [0.4, 0.5) is 25.8 Å². The Morgan fingerprint density at radius 1 is 1.08 bits per heavy atom. The van der Waals surface area contributed by atoms with Gasteiger partial charge in [-0.15, -0.1) is 0 Å².